The summed E-state index contributed by atoms with van der Waals surface area (Å²) in [7, 11) is 4.05. The molecule has 0 saturated heterocycles. The Kier molecular flexibility index (Phi) is 2.72. The third-order valence-electron chi connectivity index (χ3n) is 3.12. The van der Waals surface area contributed by atoms with Crippen LogP contribution >= 0.6 is 0 Å². The topological polar surface area (TPSA) is 41.1 Å². The van der Waals surface area contributed by atoms with Gasteiger partial charge in [-0.1, -0.05) is 30.3 Å². The maximum Gasteiger partial charge on any atom is 0.161 e. The zero-order valence-corrected chi connectivity index (χ0v) is 10.6. The highest BCUT2D eigenvalue weighted by molar-refractivity contribution is 5.60. The van der Waals surface area contributed by atoms with E-state index >= 15 is 0 Å². The lowest BCUT2D eigenvalue weighted by atomic mass is 10.2. The minimum absolute atomic E-state index is 0.807. The van der Waals surface area contributed by atoms with Gasteiger partial charge < -0.3 is 10.2 Å². The van der Waals surface area contributed by atoms with Crippen molar-refractivity contribution in [2.75, 3.05) is 19.0 Å². The van der Waals surface area contributed by atoms with Crippen molar-refractivity contribution in [2.45, 2.75) is 13.1 Å². The Hall–Kier alpha value is -1.94. The van der Waals surface area contributed by atoms with Crippen molar-refractivity contribution in [3.05, 3.63) is 41.6 Å². The van der Waals surface area contributed by atoms with Gasteiger partial charge in [0.1, 0.15) is 5.82 Å². The van der Waals surface area contributed by atoms with Gasteiger partial charge in [-0.15, -0.1) is 0 Å². The summed E-state index contributed by atoms with van der Waals surface area (Å²) in [6.45, 7) is 1.69. The van der Waals surface area contributed by atoms with Crippen LogP contribution in [0.5, 0.6) is 0 Å². The molecule has 92 valence electrons. The third kappa shape index (κ3) is 1.84. The predicted molar refractivity (Wildman–Crippen MR) is 72.3 cm³/mol. The molecule has 0 saturated carbocycles. The zero-order chi connectivity index (χ0) is 12.5. The number of hydrogen-bond donors (Lipinski definition) is 1. The monoisotopic (exact) mass is 240 g/mol. The van der Waals surface area contributed by atoms with Crippen LogP contribution in [0.1, 0.15) is 11.3 Å². The first-order valence-corrected chi connectivity index (χ1v) is 6.09. The van der Waals surface area contributed by atoms with E-state index in [4.69, 9.17) is 0 Å². The largest absolute Gasteiger partial charge is 0.362 e. The van der Waals surface area contributed by atoms with Crippen LogP contribution in [0.25, 0.3) is 11.4 Å². The first-order valence-electron chi connectivity index (χ1n) is 6.09. The molecule has 4 nitrogen and oxygen atoms in total. The van der Waals surface area contributed by atoms with Gasteiger partial charge in [0.2, 0.25) is 0 Å². The normalized spacial score (nSPS) is 13.4. The van der Waals surface area contributed by atoms with E-state index in [9.17, 15) is 0 Å². The highest BCUT2D eigenvalue weighted by atomic mass is 15.2. The number of benzene rings is 1. The molecule has 4 heteroatoms. The average molecular weight is 240 g/mol. The molecule has 18 heavy (non-hydrogen) atoms. The summed E-state index contributed by atoms with van der Waals surface area (Å²) in [6, 6.07) is 10.1. The molecule has 0 fully saturated rings. The minimum atomic E-state index is 0.807. The Bertz CT molecular complexity index is 564. The van der Waals surface area contributed by atoms with E-state index in [0.29, 0.717) is 0 Å². The molecule has 0 unspecified atom stereocenters. The quantitative estimate of drug-likeness (QED) is 0.869. The van der Waals surface area contributed by atoms with Gasteiger partial charge in [0.15, 0.2) is 5.82 Å². The molecule has 1 aliphatic rings. The first kappa shape index (κ1) is 11.2. The minimum Gasteiger partial charge on any atom is -0.362 e. The Morgan fingerprint density at radius 1 is 1.06 bits per heavy atom. The summed E-state index contributed by atoms with van der Waals surface area (Å²) in [4.78, 5) is 11.4. The van der Waals surface area contributed by atoms with Gasteiger partial charge >= 0.3 is 0 Å². The maximum absolute atomic E-state index is 4.69. The van der Waals surface area contributed by atoms with Crippen molar-refractivity contribution in [1.29, 1.82) is 0 Å². The third-order valence-corrected chi connectivity index (χ3v) is 3.12. The van der Waals surface area contributed by atoms with E-state index in [1.807, 2.05) is 44.4 Å². The summed E-state index contributed by atoms with van der Waals surface area (Å²) < 4.78 is 0. The van der Waals surface area contributed by atoms with Gasteiger partial charge in [-0.2, -0.15) is 0 Å². The number of hydrogen-bond acceptors (Lipinski definition) is 4. The van der Waals surface area contributed by atoms with Crippen molar-refractivity contribution < 1.29 is 0 Å². The Balaban J connectivity index is 2.15. The molecule has 0 atom stereocenters. The van der Waals surface area contributed by atoms with Crippen molar-refractivity contribution in [1.82, 2.24) is 15.3 Å². The van der Waals surface area contributed by atoms with Gasteiger partial charge in [-0.3, -0.25) is 0 Å². The summed E-state index contributed by atoms with van der Waals surface area (Å²) in [5.74, 6) is 1.82. The zero-order valence-electron chi connectivity index (χ0n) is 10.6. The van der Waals surface area contributed by atoms with Crippen LogP contribution in [0.2, 0.25) is 0 Å². The van der Waals surface area contributed by atoms with Crippen molar-refractivity contribution in [3.63, 3.8) is 0 Å². The van der Waals surface area contributed by atoms with E-state index in [1.165, 1.54) is 5.56 Å². The lowest BCUT2D eigenvalue weighted by molar-refractivity contribution is 0.757. The number of nitrogens with one attached hydrogen (secondary N) is 1. The summed E-state index contributed by atoms with van der Waals surface area (Å²) in [6.07, 6.45) is 0. The van der Waals surface area contributed by atoms with Crippen molar-refractivity contribution >= 4 is 5.82 Å². The summed E-state index contributed by atoms with van der Waals surface area (Å²) in [5.41, 5.74) is 3.41. The standard InChI is InChI=1S/C14H16N4/c1-18(2)14-11-8-15-9-12(11)16-13(17-14)10-6-4-3-5-7-10/h3-7,15H,8-9H2,1-2H3. The number of fused-ring (bicyclic) bond motifs is 1. The van der Waals surface area contributed by atoms with Crippen LogP contribution in [0.3, 0.4) is 0 Å². The summed E-state index contributed by atoms with van der Waals surface area (Å²) >= 11 is 0. The molecule has 0 amide bonds. The fourth-order valence-corrected chi connectivity index (χ4v) is 2.24. The molecule has 0 radical (unpaired) electrons. The Morgan fingerprint density at radius 2 is 1.83 bits per heavy atom. The molecule has 2 heterocycles. The highest BCUT2D eigenvalue weighted by Crippen LogP contribution is 2.26. The van der Waals surface area contributed by atoms with Crippen LogP contribution in [0.4, 0.5) is 5.82 Å². The van der Waals surface area contributed by atoms with E-state index in [2.05, 4.69) is 20.2 Å². The molecule has 0 aliphatic carbocycles. The van der Waals surface area contributed by atoms with Crippen LogP contribution < -0.4 is 10.2 Å². The lowest BCUT2D eigenvalue weighted by Gasteiger charge is -2.16. The molecule has 3 rings (SSSR count). The maximum atomic E-state index is 4.69. The Labute approximate surface area is 107 Å². The molecular formula is C14H16N4. The van der Waals surface area contributed by atoms with Crippen LogP contribution in [-0.2, 0) is 13.1 Å². The predicted octanol–water partition coefficient (Wildman–Crippen LogP) is 1.81. The van der Waals surface area contributed by atoms with Gasteiger partial charge in [0.25, 0.3) is 0 Å². The number of nitrogens with zero attached hydrogens (tertiary/aromatic N) is 3. The van der Waals surface area contributed by atoms with Gasteiger partial charge in [0, 0.05) is 38.3 Å². The van der Waals surface area contributed by atoms with Crippen LogP contribution in [0, 0.1) is 0 Å². The SMILES string of the molecule is CN(C)c1nc(-c2ccccc2)nc2c1CNC2. The van der Waals surface area contributed by atoms with Crippen molar-refractivity contribution in [2.24, 2.45) is 0 Å². The second-order valence-corrected chi connectivity index (χ2v) is 4.66. The highest BCUT2D eigenvalue weighted by Gasteiger charge is 2.20. The lowest BCUT2D eigenvalue weighted by Crippen LogP contribution is -2.15. The molecule has 0 spiro atoms. The smallest absolute Gasteiger partial charge is 0.161 e. The molecule has 1 aromatic carbocycles. The van der Waals surface area contributed by atoms with Crippen molar-refractivity contribution in [3.8, 4) is 11.4 Å². The summed E-state index contributed by atoms with van der Waals surface area (Å²) in [5, 5.41) is 3.33. The second-order valence-electron chi connectivity index (χ2n) is 4.66. The number of aromatic nitrogens is 2. The number of anilines is 1. The van der Waals surface area contributed by atoms with E-state index in [1.54, 1.807) is 0 Å². The van der Waals surface area contributed by atoms with Crippen LogP contribution in [0.15, 0.2) is 30.3 Å². The van der Waals surface area contributed by atoms with Gasteiger partial charge in [-0.05, 0) is 0 Å². The molecule has 0 bridgehead atoms. The average Bonchev–Trinajstić information content (AvgIpc) is 2.86. The molecule has 2 aromatic rings. The molecule has 1 aromatic heterocycles. The first-order chi connectivity index (χ1) is 8.75. The molecule has 1 N–H and O–H groups in total. The number of rotatable bonds is 2. The Morgan fingerprint density at radius 3 is 2.56 bits per heavy atom. The fraction of sp³-hybridized carbons (Fsp3) is 0.286. The van der Waals surface area contributed by atoms with Crippen LogP contribution in [-0.4, -0.2) is 24.1 Å². The second kappa shape index (κ2) is 4.38. The molecule has 1 aliphatic heterocycles. The van der Waals surface area contributed by atoms with Gasteiger partial charge in [0.05, 0.1) is 5.69 Å². The molecular weight excluding hydrogens is 224 g/mol. The van der Waals surface area contributed by atoms with Gasteiger partial charge in [-0.25, -0.2) is 9.97 Å². The van der Waals surface area contributed by atoms with E-state index in [0.717, 1.165) is 36.0 Å². The van der Waals surface area contributed by atoms with E-state index < -0.39 is 0 Å². The van der Waals surface area contributed by atoms with E-state index in [-0.39, 0.29) is 0 Å². The fourth-order valence-electron chi connectivity index (χ4n) is 2.24.